The van der Waals surface area contributed by atoms with Gasteiger partial charge in [-0.2, -0.15) is 8.42 Å². The highest BCUT2D eigenvalue weighted by atomic mass is 32.3. The Hall–Kier alpha value is -1.10. The molecule has 0 amide bonds. The summed E-state index contributed by atoms with van der Waals surface area (Å²) in [7, 11) is -4.63. The molecule has 0 bridgehead atoms. The second-order valence-corrected chi connectivity index (χ2v) is 6.62. The van der Waals surface area contributed by atoms with Crippen LogP contribution in [0.15, 0.2) is 23.1 Å². The van der Waals surface area contributed by atoms with Crippen LogP contribution in [0.4, 0.5) is 3.89 Å². The molecule has 3 nitrogen and oxygen atoms in total. The van der Waals surface area contributed by atoms with Gasteiger partial charge in [-0.25, -0.2) is 0 Å². The highest BCUT2D eigenvalue weighted by Gasteiger charge is 2.37. The molecule has 98 valence electrons. The van der Waals surface area contributed by atoms with Gasteiger partial charge in [-0.05, 0) is 54.9 Å². The maximum atomic E-state index is 13.0. The highest BCUT2D eigenvalue weighted by molar-refractivity contribution is 7.86. The maximum absolute atomic E-state index is 13.0. The van der Waals surface area contributed by atoms with Crippen molar-refractivity contribution in [3.8, 4) is 5.75 Å². The largest absolute Gasteiger partial charge is 0.490 e. The van der Waals surface area contributed by atoms with Crippen LogP contribution in [-0.4, -0.2) is 14.5 Å². The van der Waals surface area contributed by atoms with Crippen LogP contribution < -0.4 is 4.74 Å². The average molecular weight is 270 g/mol. The Labute approximate surface area is 106 Å². The molecule has 0 aromatic heterocycles. The minimum Gasteiger partial charge on any atom is -0.490 e. The first-order valence-corrected chi connectivity index (χ1v) is 7.59. The highest BCUT2D eigenvalue weighted by Crippen LogP contribution is 2.45. The predicted molar refractivity (Wildman–Crippen MR) is 64.9 cm³/mol. The number of fused-ring (bicyclic) bond motifs is 1. The molecule has 2 unspecified atom stereocenters. The van der Waals surface area contributed by atoms with E-state index in [0.717, 1.165) is 12.0 Å². The standard InChI is InChI=1S/C13H15FO3S/c1-8-6-13(9-2-3-9)17-12-5-4-10(7-11(8)12)18(14,15)16/h4-5,7-9,13H,2-3,6H2,1H3. The van der Waals surface area contributed by atoms with Gasteiger partial charge in [0.1, 0.15) is 11.9 Å². The molecule has 2 aliphatic rings. The van der Waals surface area contributed by atoms with Gasteiger partial charge in [0.05, 0.1) is 4.90 Å². The Morgan fingerprint density at radius 2 is 2.06 bits per heavy atom. The molecule has 1 aliphatic carbocycles. The number of rotatable bonds is 2. The normalized spacial score (nSPS) is 27.4. The fourth-order valence-electron chi connectivity index (χ4n) is 2.61. The zero-order valence-electron chi connectivity index (χ0n) is 10.1. The Morgan fingerprint density at radius 3 is 2.67 bits per heavy atom. The molecule has 18 heavy (non-hydrogen) atoms. The van der Waals surface area contributed by atoms with Crippen molar-refractivity contribution in [3.05, 3.63) is 23.8 Å². The lowest BCUT2D eigenvalue weighted by Gasteiger charge is -2.30. The summed E-state index contributed by atoms with van der Waals surface area (Å²) in [4.78, 5) is -0.276. The summed E-state index contributed by atoms with van der Waals surface area (Å²) in [5, 5.41) is 0. The first-order chi connectivity index (χ1) is 8.45. The molecule has 0 radical (unpaired) electrons. The van der Waals surface area contributed by atoms with Crippen LogP contribution in [0.3, 0.4) is 0 Å². The summed E-state index contributed by atoms with van der Waals surface area (Å²) in [5.41, 5.74) is 0.797. The smallest absolute Gasteiger partial charge is 0.332 e. The second-order valence-electron chi connectivity index (χ2n) is 5.27. The maximum Gasteiger partial charge on any atom is 0.332 e. The topological polar surface area (TPSA) is 43.4 Å². The lowest BCUT2D eigenvalue weighted by molar-refractivity contribution is 0.140. The number of hydrogen-bond acceptors (Lipinski definition) is 3. The van der Waals surface area contributed by atoms with E-state index in [1.54, 1.807) is 6.07 Å². The summed E-state index contributed by atoms with van der Waals surface area (Å²) in [5.74, 6) is 1.56. The zero-order valence-corrected chi connectivity index (χ0v) is 10.9. The van der Waals surface area contributed by atoms with Crippen LogP contribution in [-0.2, 0) is 10.2 Å². The Morgan fingerprint density at radius 1 is 1.33 bits per heavy atom. The van der Waals surface area contributed by atoms with Crippen molar-refractivity contribution >= 4 is 10.2 Å². The van der Waals surface area contributed by atoms with Crippen molar-refractivity contribution < 1.29 is 17.0 Å². The van der Waals surface area contributed by atoms with Crippen LogP contribution in [0.5, 0.6) is 5.75 Å². The molecular weight excluding hydrogens is 255 g/mol. The van der Waals surface area contributed by atoms with Gasteiger partial charge in [-0.1, -0.05) is 6.92 Å². The predicted octanol–water partition coefficient (Wildman–Crippen LogP) is 3.01. The monoisotopic (exact) mass is 270 g/mol. The zero-order chi connectivity index (χ0) is 12.9. The van der Waals surface area contributed by atoms with Crippen molar-refractivity contribution in [2.45, 2.75) is 43.1 Å². The van der Waals surface area contributed by atoms with E-state index < -0.39 is 10.2 Å². The number of halogens is 1. The van der Waals surface area contributed by atoms with Gasteiger partial charge in [-0.3, -0.25) is 0 Å². The molecular formula is C13H15FO3S. The van der Waals surface area contributed by atoms with Gasteiger partial charge in [0.15, 0.2) is 0 Å². The fraction of sp³-hybridized carbons (Fsp3) is 0.538. The van der Waals surface area contributed by atoms with E-state index in [1.165, 1.54) is 25.0 Å². The molecule has 0 saturated heterocycles. The first kappa shape index (κ1) is 12.0. The molecule has 1 aromatic rings. The van der Waals surface area contributed by atoms with Gasteiger partial charge in [0.25, 0.3) is 0 Å². The van der Waals surface area contributed by atoms with Gasteiger partial charge in [0, 0.05) is 0 Å². The third-order valence-electron chi connectivity index (χ3n) is 3.81. The van der Waals surface area contributed by atoms with E-state index >= 15 is 0 Å². The van der Waals surface area contributed by atoms with E-state index in [4.69, 9.17) is 4.74 Å². The summed E-state index contributed by atoms with van der Waals surface area (Å²) in [6.07, 6.45) is 3.54. The average Bonchev–Trinajstić information content (AvgIpc) is 3.11. The van der Waals surface area contributed by atoms with Crippen molar-refractivity contribution in [2.24, 2.45) is 5.92 Å². The molecule has 1 aliphatic heterocycles. The lowest BCUT2D eigenvalue weighted by Crippen LogP contribution is -2.26. The first-order valence-electron chi connectivity index (χ1n) is 6.20. The fourth-order valence-corrected chi connectivity index (χ4v) is 3.11. The third-order valence-corrected chi connectivity index (χ3v) is 4.62. The van der Waals surface area contributed by atoms with E-state index in [9.17, 15) is 12.3 Å². The molecule has 5 heteroatoms. The van der Waals surface area contributed by atoms with Crippen molar-refractivity contribution in [2.75, 3.05) is 0 Å². The van der Waals surface area contributed by atoms with Gasteiger partial charge >= 0.3 is 10.2 Å². The van der Waals surface area contributed by atoms with Gasteiger partial charge in [0.2, 0.25) is 0 Å². The molecule has 3 rings (SSSR count). The molecule has 1 heterocycles. The molecule has 1 aromatic carbocycles. The van der Waals surface area contributed by atoms with E-state index in [2.05, 4.69) is 0 Å². The Balaban J connectivity index is 1.97. The Bertz CT molecular complexity index is 578. The van der Waals surface area contributed by atoms with Crippen molar-refractivity contribution in [1.82, 2.24) is 0 Å². The van der Waals surface area contributed by atoms with Gasteiger partial charge in [-0.15, -0.1) is 3.89 Å². The van der Waals surface area contributed by atoms with E-state index in [0.29, 0.717) is 11.7 Å². The SMILES string of the molecule is CC1CC(C2CC2)Oc2ccc(S(=O)(=O)F)cc21. The molecule has 0 N–H and O–H groups in total. The van der Waals surface area contributed by atoms with Crippen molar-refractivity contribution in [1.29, 1.82) is 0 Å². The summed E-state index contributed by atoms with van der Waals surface area (Å²) >= 11 is 0. The number of benzene rings is 1. The minimum absolute atomic E-state index is 0.209. The third kappa shape index (κ3) is 2.11. The summed E-state index contributed by atoms with van der Waals surface area (Å²) in [6, 6.07) is 4.25. The Kier molecular flexibility index (Phi) is 2.62. The molecule has 1 saturated carbocycles. The van der Waals surface area contributed by atoms with Crippen LogP contribution in [0.25, 0.3) is 0 Å². The number of ether oxygens (including phenoxy) is 1. The summed E-state index contributed by atoms with van der Waals surface area (Å²) in [6.45, 7) is 2.03. The van der Waals surface area contributed by atoms with Crippen LogP contribution >= 0.6 is 0 Å². The van der Waals surface area contributed by atoms with Crippen LogP contribution in [0, 0.1) is 5.92 Å². The quantitative estimate of drug-likeness (QED) is 0.776. The second kappa shape index (κ2) is 3.95. The molecule has 1 fully saturated rings. The summed E-state index contributed by atoms with van der Waals surface area (Å²) < 4.78 is 40.6. The molecule has 2 atom stereocenters. The van der Waals surface area contributed by atoms with Gasteiger partial charge < -0.3 is 4.74 Å². The number of hydrogen-bond donors (Lipinski definition) is 0. The molecule has 0 spiro atoms. The van der Waals surface area contributed by atoms with E-state index in [-0.39, 0.29) is 16.9 Å². The lowest BCUT2D eigenvalue weighted by atomic mass is 9.90. The van der Waals surface area contributed by atoms with Crippen LogP contribution in [0.1, 0.15) is 37.7 Å². The van der Waals surface area contributed by atoms with Crippen LogP contribution in [0.2, 0.25) is 0 Å². The van der Waals surface area contributed by atoms with Crippen molar-refractivity contribution in [3.63, 3.8) is 0 Å². The minimum atomic E-state index is -4.63. The van der Waals surface area contributed by atoms with E-state index in [1.807, 2.05) is 6.92 Å².